The Morgan fingerprint density at radius 3 is 2.46 bits per heavy atom. The summed E-state index contributed by atoms with van der Waals surface area (Å²) in [6.07, 6.45) is 0. The van der Waals surface area contributed by atoms with Gasteiger partial charge in [0.05, 0.1) is 29.8 Å². The van der Waals surface area contributed by atoms with Crippen LogP contribution < -0.4 is 18.5 Å². The topological polar surface area (TPSA) is 91.4 Å². The van der Waals surface area contributed by atoms with Gasteiger partial charge in [-0.25, -0.2) is 8.42 Å². The molecule has 0 aliphatic carbocycles. The number of sulfonamides is 1. The monoisotopic (exact) mass is 427 g/mol. The van der Waals surface area contributed by atoms with Crippen molar-refractivity contribution in [2.75, 3.05) is 38.3 Å². The number of hydrogen-bond acceptors (Lipinski definition) is 7. The standard InChI is InChI=1S/C18H18ClNO7S/c1-24-15-6-4-13(10-14(15)19)28(22,23)20(11-18(21)25-2)12-3-5-16-17(9-12)27-8-7-26-16/h3-6,9-10H,7-8,11H2,1-2H3. The molecule has 0 radical (unpaired) electrons. The van der Waals surface area contributed by atoms with Crippen molar-refractivity contribution >= 4 is 33.3 Å². The van der Waals surface area contributed by atoms with Crippen molar-refractivity contribution in [2.45, 2.75) is 4.90 Å². The van der Waals surface area contributed by atoms with Gasteiger partial charge in [-0.3, -0.25) is 9.10 Å². The fourth-order valence-electron chi connectivity index (χ4n) is 2.62. The van der Waals surface area contributed by atoms with Crippen LogP contribution in [0.5, 0.6) is 17.2 Å². The summed E-state index contributed by atoms with van der Waals surface area (Å²) in [5.41, 5.74) is 0.224. The normalized spacial score (nSPS) is 13.0. The van der Waals surface area contributed by atoms with Gasteiger partial charge in [-0.2, -0.15) is 0 Å². The highest BCUT2D eigenvalue weighted by atomic mass is 35.5. The summed E-state index contributed by atoms with van der Waals surface area (Å²) in [6, 6.07) is 8.67. The predicted molar refractivity (Wildman–Crippen MR) is 102 cm³/mol. The minimum Gasteiger partial charge on any atom is -0.495 e. The van der Waals surface area contributed by atoms with Crippen LogP contribution in [0.2, 0.25) is 5.02 Å². The van der Waals surface area contributed by atoms with E-state index in [4.69, 9.17) is 25.8 Å². The molecule has 1 heterocycles. The van der Waals surface area contributed by atoms with Gasteiger partial charge in [0.2, 0.25) is 0 Å². The van der Waals surface area contributed by atoms with Crippen LogP contribution in [0, 0.1) is 0 Å². The maximum atomic E-state index is 13.3. The van der Waals surface area contributed by atoms with Crippen LogP contribution in [0.1, 0.15) is 0 Å². The Hall–Kier alpha value is -2.65. The molecule has 0 aromatic heterocycles. The number of carbonyl (C=O) groups is 1. The number of halogens is 1. The van der Waals surface area contributed by atoms with Crippen LogP contribution in [-0.2, 0) is 19.6 Å². The SMILES string of the molecule is COC(=O)CN(c1ccc2c(c1)OCCO2)S(=O)(=O)c1ccc(OC)c(Cl)c1. The second-order valence-electron chi connectivity index (χ2n) is 5.71. The average Bonchev–Trinajstić information content (AvgIpc) is 2.71. The molecule has 0 saturated heterocycles. The molecule has 10 heteroatoms. The average molecular weight is 428 g/mol. The molecule has 0 atom stereocenters. The molecule has 150 valence electrons. The number of hydrogen-bond donors (Lipinski definition) is 0. The Kier molecular flexibility index (Phi) is 5.85. The van der Waals surface area contributed by atoms with E-state index in [1.165, 1.54) is 44.6 Å². The summed E-state index contributed by atoms with van der Waals surface area (Å²) in [5, 5.41) is 0.128. The summed E-state index contributed by atoms with van der Waals surface area (Å²) in [6.45, 7) is 0.220. The second-order valence-corrected chi connectivity index (χ2v) is 7.98. The molecule has 8 nitrogen and oxygen atoms in total. The predicted octanol–water partition coefficient (Wildman–Crippen LogP) is 2.49. The van der Waals surface area contributed by atoms with Gasteiger partial charge < -0.3 is 18.9 Å². The molecule has 3 rings (SSSR count). The first-order valence-electron chi connectivity index (χ1n) is 8.19. The molecule has 2 aromatic rings. The summed E-state index contributed by atoms with van der Waals surface area (Å²) in [4.78, 5) is 11.8. The summed E-state index contributed by atoms with van der Waals surface area (Å²) >= 11 is 6.08. The second kappa shape index (κ2) is 8.15. The number of ether oxygens (including phenoxy) is 4. The molecule has 1 aliphatic rings. The maximum absolute atomic E-state index is 13.3. The van der Waals surface area contributed by atoms with E-state index in [-0.39, 0.29) is 15.6 Å². The van der Waals surface area contributed by atoms with Gasteiger partial charge in [0.25, 0.3) is 10.0 Å². The molecule has 0 saturated carbocycles. The first-order valence-corrected chi connectivity index (χ1v) is 10.0. The summed E-state index contributed by atoms with van der Waals surface area (Å²) in [5.74, 6) is 0.497. The van der Waals surface area contributed by atoms with Crippen molar-refractivity contribution in [2.24, 2.45) is 0 Å². The van der Waals surface area contributed by atoms with E-state index in [1.807, 2.05) is 0 Å². The number of methoxy groups -OCH3 is 2. The lowest BCUT2D eigenvalue weighted by Crippen LogP contribution is -2.36. The Morgan fingerprint density at radius 2 is 1.82 bits per heavy atom. The first kappa shape index (κ1) is 20.1. The highest BCUT2D eigenvalue weighted by Crippen LogP contribution is 2.36. The highest BCUT2D eigenvalue weighted by Gasteiger charge is 2.29. The van der Waals surface area contributed by atoms with Crippen LogP contribution in [0.4, 0.5) is 5.69 Å². The number of anilines is 1. The number of esters is 1. The lowest BCUT2D eigenvalue weighted by Gasteiger charge is -2.26. The number of rotatable bonds is 6. The van der Waals surface area contributed by atoms with Gasteiger partial charge in [-0.1, -0.05) is 11.6 Å². The smallest absolute Gasteiger partial charge is 0.326 e. The third-order valence-electron chi connectivity index (χ3n) is 4.03. The van der Waals surface area contributed by atoms with Crippen LogP contribution >= 0.6 is 11.6 Å². The molecule has 0 fully saturated rings. The van der Waals surface area contributed by atoms with Gasteiger partial charge in [-0.15, -0.1) is 0 Å². The van der Waals surface area contributed by atoms with Crippen molar-refractivity contribution in [3.8, 4) is 17.2 Å². The third kappa shape index (κ3) is 3.95. The van der Waals surface area contributed by atoms with E-state index in [0.717, 1.165) is 4.31 Å². The van der Waals surface area contributed by atoms with Crippen molar-refractivity contribution in [3.63, 3.8) is 0 Å². The maximum Gasteiger partial charge on any atom is 0.326 e. The lowest BCUT2D eigenvalue weighted by molar-refractivity contribution is -0.138. The van der Waals surface area contributed by atoms with Crippen LogP contribution in [0.3, 0.4) is 0 Å². The molecule has 28 heavy (non-hydrogen) atoms. The zero-order valence-electron chi connectivity index (χ0n) is 15.2. The van der Waals surface area contributed by atoms with Crippen LogP contribution in [-0.4, -0.2) is 48.4 Å². The van der Waals surface area contributed by atoms with Crippen molar-refractivity contribution in [1.29, 1.82) is 0 Å². The molecule has 0 spiro atoms. The van der Waals surface area contributed by atoms with Crippen molar-refractivity contribution in [3.05, 3.63) is 41.4 Å². The summed E-state index contributed by atoms with van der Waals surface area (Å²) in [7, 11) is -1.53. The van der Waals surface area contributed by atoms with Crippen LogP contribution in [0.15, 0.2) is 41.3 Å². The quantitative estimate of drug-likeness (QED) is 0.654. The molecule has 2 aromatic carbocycles. The molecule has 0 N–H and O–H groups in total. The van der Waals surface area contributed by atoms with Gasteiger partial charge in [0.15, 0.2) is 11.5 Å². The summed E-state index contributed by atoms with van der Waals surface area (Å²) < 4.78 is 48.1. The molecule has 0 amide bonds. The van der Waals surface area contributed by atoms with Crippen molar-refractivity contribution < 1.29 is 32.2 Å². The lowest BCUT2D eigenvalue weighted by atomic mass is 10.2. The highest BCUT2D eigenvalue weighted by molar-refractivity contribution is 7.92. The minimum atomic E-state index is -4.14. The van der Waals surface area contributed by atoms with E-state index in [9.17, 15) is 13.2 Å². The van der Waals surface area contributed by atoms with E-state index < -0.39 is 22.5 Å². The molecular weight excluding hydrogens is 410 g/mol. The van der Waals surface area contributed by atoms with Gasteiger partial charge >= 0.3 is 5.97 Å². The van der Waals surface area contributed by atoms with Crippen LogP contribution in [0.25, 0.3) is 0 Å². The first-order chi connectivity index (χ1) is 13.4. The Bertz CT molecular complexity index is 993. The molecule has 0 bridgehead atoms. The number of fused-ring (bicyclic) bond motifs is 1. The van der Waals surface area contributed by atoms with Gasteiger partial charge in [-0.05, 0) is 30.3 Å². The van der Waals surface area contributed by atoms with E-state index in [0.29, 0.717) is 30.5 Å². The molecule has 1 aliphatic heterocycles. The Morgan fingerprint density at radius 1 is 1.11 bits per heavy atom. The molecule has 0 unspecified atom stereocenters. The number of nitrogens with zero attached hydrogens (tertiary/aromatic N) is 1. The minimum absolute atomic E-state index is 0.0999. The number of carbonyl (C=O) groups excluding carboxylic acids is 1. The fourth-order valence-corrected chi connectivity index (χ4v) is 4.37. The van der Waals surface area contributed by atoms with Crippen molar-refractivity contribution in [1.82, 2.24) is 0 Å². The fraction of sp³-hybridized carbons (Fsp3) is 0.278. The zero-order valence-corrected chi connectivity index (χ0v) is 16.7. The van der Waals surface area contributed by atoms with Gasteiger partial charge in [0, 0.05) is 6.07 Å². The number of benzene rings is 2. The largest absolute Gasteiger partial charge is 0.495 e. The van der Waals surface area contributed by atoms with E-state index in [2.05, 4.69) is 4.74 Å². The zero-order chi connectivity index (χ0) is 20.3. The van der Waals surface area contributed by atoms with E-state index in [1.54, 1.807) is 6.07 Å². The Labute approximate surface area is 167 Å². The van der Waals surface area contributed by atoms with E-state index >= 15 is 0 Å². The van der Waals surface area contributed by atoms with Gasteiger partial charge in [0.1, 0.15) is 25.5 Å². The Balaban J connectivity index is 2.06. The molecular formula is C18H18ClNO7S. The third-order valence-corrected chi connectivity index (χ3v) is 6.09.